The first-order valence-electron chi connectivity index (χ1n) is 13.6. The van der Waals surface area contributed by atoms with Crippen molar-refractivity contribution in [3.05, 3.63) is 90.0 Å². The number of hydrazone groups is 1. The maximum atomic E-state index is 13.2. The normalized spacial score (nSPS) is 12.5. The Bertz CT molecular complexity index is 1670. The van der Waals surface area contributed by atoms with Gasteiger partial charge in [0.1, 0.15) is 5.88 Å². The Hall–Kier alpha value is -4.88. The molecule has 0 spiro atoms. The minimum Gasteiger partial charge on any atom is -0.336 e. The van der Waals surface area contributed by atoms with Crippen LogP contribution >= 0.6 is 0 Å². The molecule has 1 atom stereocenters. The van der Waals surface area contributed by atoms with Crippen LogP contribution in [-0.4, -0.2) is 48.1 Å². The molecule has 3 aromatic carbocycles. The molecule has 0 saturated carbocycles. The number of carbonyl (C=O) groups is 4. The summed E-state index contributed by atoms with van der Waals surface area (Å²) < 4.78 is 30.6. The van der Waals surface area contributed by atoms with E-state index in [9.17, 15) is 27.6 Å². The first kappa shape index (κ1) is 33.6. The van der Waals surface area contributed by atoms with Crippen molar-refractivity contribution in [1.82, 2.24) is 5.32 Å². The van der Waals surface area contributed by atoms with E-state index in [2.05, 4.69) is 28.1 Å². The summed E-state index contributed by atoms with van der Waals surface area (Å²) in [6.45, 7) is 6.98. The number of rotatable bonds is 13. The summed E-state index contributed by atoms with van der Waals surface area (Å²) in [7, 11) is -4.41. The summed E-state index contributed by atoms with van der Waals surface area (Å²) >= 11 is 0. The van der Waals surface area contributed by atoms with E-state index in [1.54, 1.807) is 24.3 Å². The van der Waals surface area contributed by atoms with Gasteiger partial charge in [-0.1, -0.05) is 63.2 Å². The molecule has 0 aromatic heterocycles. The van der Waals surface area contributed by atoms with Crippen molar-refractivity contribution in [2.75, 3.05) is 21.9 Å². The monoisotopic (exact) mass is 621 g/mol. The van der Waals surface area contributed by atoms with E-state index >= 15 is 0 Å². The minimum absolute atomic E-state index is 0.0410. The highest BCUT2D eigenvalue weighted by atomic mass is 32.2. The van der Waals surface area contributed by atoms with Gasteiger partial charge in [-0.05, 0) is 54.3 Å². The van der Waals surface area contributed by atoms with Crippen molar-refractivity contribution in [1.29, 1.82) is 0 Å². The van der Waals surface area contributed by atoms with Crippen LogP contribution in [0, 0.1) is 5.41 Å². The molecule has 232 valence electrons. The zero-order valence-corrected chi connectivity index (χ0v) is 25.6. The first-order valence-corrected chi connectivity index (χ1v) is 15.2. The first-order chi connectivity index (χ1) is 20.6. The summed E-state index contributed by atoms with van der Waals surface area (Å²) in [5.74, 6) is -3.23. The van der Waals surface area contributed by atoms with Crippen LogP contribution in [0.15, 0.2) is 84.0 Å². The Morgan fingerprint density at radius 3 is 2.11 bits per heavy atom. The predicted molar refractivity (Wildman–Crippen MR) is 169 cm³/mol. The Labute approximate surface area is 256 Å². The lowest BCUT2D eigenvalue weighted by Crippen LogP contribution is -2.32. The van der Waals surface area contributed by atoms with E-state index in [1.807, 2.05) is 49.5 Å². The molecule has 12 nitrogen and oxygen atoms in total. The Balaban J connectivity index is 1.66. The SMILES string of the molecule is CC(=O)/C(=N/Nc1cccc(C(=O)NCS(=O)(=O)O)c1)C(=O)Nc1cccc(NC(=O)C(C)(C)CC(C)c2ccccc2)c1. The summed E-state index contributed by atoms with van der Waals surface area (Å²) in [5.41, 5.74) is 3.57. The second-order valence-corrected chi connectivity index (χ2v) is 12.3. The molecule has 0 aliphatic rings. The number of nitrogens with one attached hydrogen (secondary N) is 4. The van der Waals surface area contributed by atoms with Crippen molar-refractivity contribution in [3.63, 3.8) is 0 Å². The smallest absolute Gasteiger partial charge is 0.283 e. The van der Waals surface area contributed by atoms with E-state index in [-0.39, 0.29) is 23.1 Å². The van der Waals surface area contributed by atoms with Gasteiger partial charge in [0.15, 0.2) is 11.5 Å². The number of hydrogen-bond acceptors (Lipinski definition) is 8. The van der Waals surface area contributed by atoms with Crippen molar-refractivity contribution >= 4 is 56.4 Å². The molecule has 1 unspecified atom stereocenters. The molecule has 3 rings (SSSR count). The minimum atomic E-state index is -4.41. The number of benzene rings is 3. The van der Waals surface area contributed by atoms with Crippen LogP contribution < -0.4 is 21.4 Å². The zero-order chi connectivity index (χ0) is 32.5. The van der Waals surface area contributed by atoms with Crippen LogP contribution in [0.5, 0.6) is 0 Å². The molecule has 0 fully saturated rings. The fraction of sp³-hybridized carbons (Fsp3) is 0.258. The third-order valence-electron chi connectivity index (χ3n) is 6.56. The molecule has 0 bridgehead atoms. The maximum absolute atomic E-state index is 13.2. The summed E-state index contributed by atoms with van der Waals surface area (Å²) in [4.78, 5) is 50.5. The number of nitrogens with zero attached hydrogens (tertiary/aromatic N) is 1. The van der Waals surface area contributed by atoms with Crippen molar-refractivity contribution in [2.24, 2.45) is 10.5 Å². The molecule has 0 aliphatic carbocycles. The van der Waals surface area contributed by atoms with Gasteiger partial charge in [0, 0.05) is 29.3 Å². The van der Waals surface area contributed by atoms with Gasteiger partial charge >= 0.3 is 0 Å². The molecule has 44 heavy (non-hydrogen) atoms. The van der Waals surface area contributed by atoms with Crippen LogP contribution in [-0.2, 0) is 24.5 Å². The highest BCUT2D eigenvalue weighted by molar-refractivity contribution is 7.85. The van der Waals surface area contributed by atoms with Gasteiger partial charge in [-0.15, -0.1) is 0 Å². The van der Waals surface area contributed by atoms with Gasteiger partial charge in [0.05, 0.1) is 5.69 Å². The van der Waals surface area contributed by atoms with Gasteiger partial charge in [-0.25, -0.2) is 0 Å². The standard InChI is InChI=1S/C31H35N5O7S/c1-20(22-10-6-5-7-11-22)18-31(3,4)30(40)34-25-14-9-13-24(17-25)33-29(39)27(21(2)37)36-35-26-15-8-12-23(16-26)28(38)32-19-44(41,42)43/h5-17,20,35H,18-19H2,1-4H3,(H,32,38)(H,33,39)(H,34,40)(H,41,42,43)/b36-27-. The van der Waals surface area contributed by atoms with Crippen LogP contribution in [0.1, 0.15) is 56.0 Å². The molecule has 0 heterocycles. The van der Waals surface area contributed by atoms with E-state index < -0.39 is 44.7 Å². The van der Waals surface area contributed by atoms with Crippen LogP contribution in [0.25, 0.3) is 0 Å². The fourth-order valence-corrected chi connectivity index (χ4v) is 4.63. The van der Waals surface area contributed by atoms with Crippen LogP contribution in [0.3, 0.4) is 0 Å². The topological polar surface area (TPSA) is 183 Å². The lowest BCUT2D eigenvalue weighted by Gasteiger charge is -2.27. The molecule has 13 heteroatoms. The third-order valence-corrected chi connectivity index (χ3v) is 7.07. The number of anilines is 3. The third kappa shape index (κ3) is 10.1. The van der Waals surface area contributed by atoms with E-state index in [4.69, 9.17) is 4.55 Å². The molecule has 0 radical (unpaired) electrons. The quantitative estimate of drug-likeness (QED) is 0.0804. The number of ketones is 1. The number of hydrogen-bond donors (Lipinski definition) is 5. The van der Waals surface area contributed by atoms with Gasteiger partial charge in [0.2, 0.25) is 5.91 Å². The van der Waals surface area contributed by atoms with Gasteiger partial charge < -0.3 is 16.0 Å². The molecule has 0 aliphatic heterocycles. The highest BCUT2D eigenvalue weighted by Crippen LogP contribution is 2.32. The lowest BCUT2D eigenvalue weighted by atomic mass is 9.80. The van der Waals surface area contributed by atoms with E-state index in [0.29, 0.717) is 17.8 Å². The molecule has 3 amide bonds. The number of Topliss-reactive ketones (excluding diaryl/α,β-unsaturated/α-hetero) is 1. The molecule has 0 saturated heterocycles. The summed E-state index contributed by atoms with van der Waals surface area (Å²) in [6.07, 6.45) is 0.614. The number of carbonyl (C=O) groups excluding carboxylic acids is 4. The van der Waals surface area contributed by atoms with E-state index in [1.165, 1.54) is 24.3 Å². The highest BCUT2D eigenvalue weighted by Gasteiger charge is 2.30. The van der Waals surface area contributed by atoms with Gasteiger partial charge in [-0.2, -0.15) is 13.5 Å². The average Bonchev–Trinajstić information content (AvgIpc) is 2.96. The van der Waals surface area contributed by atoms with Gasteiger partial charge in [-0.3, -0.25) is 29.2 Å². The van der Waals surface area contributed by atoms with Gasteiger partial charge in [0.25, 0.3) is 21.9 Å². The maximum Gasteiger partial charge on any atom is 0.283 e. The summed E-state index contributed by atoms with van der Waals surface area (Å²) in [6, 6.07) is 22.1. The Morgan fingerprint density at radius 2 is 1.48 bits per heavy atom. The second kappa shape index (κ2) is 14.5. The van der Waals surface area contributed by atoms with Crippen LogP contribution in [0.4, 0.5) is 17.1 Å². The van der Waals surface area contributed by atoms with E-state index in [0.717, 1.165) is 12.5 Å². The largest absolute Gasteiger partial charge is 0.336 e. The zero-order valence-electron chi connectivity index (χ0n) is 24.7. The molecule has 3 aromatic rings. The summed E-state index contributed by atoms with van der Waals surface area (Å²) in [5, 5.41) is 11.5. The van der Waals surface area contributed by atoms with Crippen molar-refractivity contribution in [2.45, 2.75) is 40.0 Å². The predicted octanol–water partition coefficient (Wildman–Crippen LogP) is 4.42. The Morgan fingerprint density at radius 1 is 0.864 bits per heavy atom. The van der Waals surface area contributed by atoms with Crippen LogP contribution in [0.2, 0.25) is 0 Å². The Kier molecular flexibility index (Phi) is 11.1. The molecule has 5 N–H and O–H groups in total. The molecular weight excluding hydrogens is 586 g/mol. The second-order valence-electron chi connectivity index (χ2n) is 10.8. The number of amides is 3. The lowest BCUT2D eigenvalue weighted by molar-refractivity contribution is -0.124. The van der Waals surface area contributed by atoms with Crippen molar-refractivity contribution in [3.8, 4) is 0 Å². The fourth-order valence-electron chi connectivity index (χ4n) is 4.32. The molecular formula is C31H35N5O7S. The van der Waals surface area contributed by atoms with Crippen molar-refractivity contribution < 1.29 is 32.1 Å². The average molecular weight is 622 g/mol.